The fourth-order valence-electron chi connectivity index (χ4n) is 1.75. The van der Waals surface area contributed by atoms with Gasteiger partial charge in [-0.05, 0) is 0 Å². The van der Waals surface area contributed by atoms with Gasteiger partial charge in [-0.2, -0.15) is 0 Å². The molecule has 1 aliphatic heterocycles. The molecule has 1 heterocycles. The van der Waals surface area contributed by atoms with Crippen molar-refractivity contribution >= 4 is 18.4 Å². The van der Waals surface area contributed by atoms with Crippen LogP contribution in [0.3, 0.4) is 0 Å². The van der Waals surface area contributed by atoms with Crippen molar-refractivity contribution in [1.82, 2.24) is 0 Å². The fraction of sp³-hybridized carbons (Fsp3) is 0.833. The molecule has 2 nitrogen and oxygen atoms in total. The molecule has 1 rings (SSSR count). The summed E-state index contributed by atoms with van der Waals surface area (Å²) in [6.07, 6.45) is 2.66. The van der Waals surface area contributed by atoms with Crippen LogP contribution in [-0.4, -0.2) is 42.3 Å². The molecule has 0 aromatic heterocycles. The molecule has 0 aromatic carbocycles. The first-order chi connectivity index (χ1) is 6.84. The van der Waals surface area contributed by atoms with Crippen molar-refractivity contribution in [2.24, 2.45) is 5.92 Å². The van der Waals surface area contributed by atoms with Crippen LogP contribution in [0.25, 0.3) is 0 Å². The summed E-state index contributed by atoms with van der Waals surface area (Å²) in [4.78, 5) is 7.23. The quantitative estimate of drug-likeness (QED) is 0.603. The number of aliphatic hydroxyl groups is 1. The Balaban J connectivity index is 2.25. The van der Waals surface area contributed by atoms with Gasteiger partial charge in [-0.25, -0.2) is 0 Å². The van der Waals surface area contributed by atoms with E-state index in [4.69, 9.17) is 9.84 Å². The summed E-state index contributed by atoms with van der Waals surface area (Å²) in [7, 11) is 0. The molecule has 0 spiro atoms. The molecule has 1 N–H and O–H groups in total. The van der Waals surface area contributed by atoms with Gasteiger partial charge in [0.05, 0.1) is 0 Å². The summed E-state index contributed by atoms with van der Waals surface area (Å²) in [6.45, 7) is 6.68. The second-order valence-corrected chi connectivity index (χ2v) is 20.7. The standard InChI is InChI=1S/C9H15O2.3CH3.Sn/c1-3-4-7(2)5-8-9(6-10)11-8;;;;/h7-10H,1,4-6H2,2H3;3*1H3;/t7-,8+,9+;;;;/m1..../s1. The molecule has 0 aliphatic carbocycles. The van der Waals surface area contributed by atoms with Crippen molar-refractivity contribution < 1.29 is 9.84 Å². The zero-order chi connectivity index (χ0) is 11.6. The van der Waals surface area contributed by atoms with Crippen molar-refractivity contribution in [1.29, 1.82) is 0 Å². The van der Waals surface area contributed by atoms with E-state index in [0.29, 0.717) is 12.0 Å². The first-order valence-corrected chi connectivity index (χ1v) is 15.8. The summed E-state index contributed by atoms with van der Waals surface area (Å²) in [5, 5.41) is 8.87. The van der Waals surface area contributed by atoms with Crippen molar-refractivity contribution in [3.05, 3.63) is 10.2 Å². The minimum atomic E-state index is -1.86. The number of epoxide rings is 1. The Hall–Kier alpha value is 0.459. The Morgan fingerprint density at radius 2 is 2.00 bits per heavy atom. The number of hydrogen-bond acceptors (Lipinski definition) is 2. The molecular weight excluding hydrogens is 295 g/mol. The first kappa shape index (κ1) is 13.5. The molecule has 1 saturated heterocycles. The average molecular weight is 319 g/mol. The van der Waals surface area contributed by atoms with E-state index in [2.05, 4.69) is 28.3 Å². The van der Waals surface area contributed by atoms with Gasteiger partial charge in [-0.15, -0.1) is 0 Å². The molecule has 15 heavy (non-hydrogen) atoms. The van der Waals surface area contributed by atoms with Crippen LogP contribution in [0.1, 0.15) is 19.8 Å². The monoisotopic (exact) mass is 320 g/mol. The second-order valence-electron chi connectivity index (χ2n) is 5.79. The van der Waals surface area contributed by atoms with Crippen LogP contribution in [0.2, 0.25) is 14.8 Å². The van der Waals surface area contributed by atoms with Gasteiger partial charge in [0.15, 0.2) is 0 Å². The van der Waals surface area contributed by atoms with Gasteiger partial charge >= 0.3 is 97.7 Å². The number of ether oxygens (including phenoxy) is 1. The van der Waals surface area contributed by atoms with Gasteiger partial charge in [-0.1, -0.05) is 0 Å². The van der Waals surface area contributed by atoms with Crippen LogP contribution in [-0.2, 0) is 4.74 Å². The minimum absolute atomic E-state index is 0.124. The summed E-state index contributed by atoms with van der Waals surface area (Å²) in [6, 6.07) is 0. The van der Waals surface area contributed by atoms with Crippen molar-refractivity contribution in [3.8, 4) is 0 Å². The van der Waals surface area contributed by atoms with E-state index in [1.54, 1.807) is 0 Å². The van der Waals surface area contributed by atoms with E-state index >= 15 is 0 Å². The third-order valence-electron chi connectivity index (χ3n) is 3.16. The summed E-state index contributed by atoms with van der Waals surface area (Å²) >= 11 is -1.86. The van der Waals surface area contributed by atoms with Crippen molar-refractivity contribution in [2.45, 2.75) is 46.8 Å². The molecule has 3 atom stereocenters. The Morgan fingerprint density at radius 1 is 1.40 bits per heavy atom. The maximum atomic E-state index is 8.87. The topological polar surface area (TPSA) is 32.8 Å². The Kier molecular flexibility index (Phi) is 4.68. The van der Waals surface area contributed by atoms with Crippen LogP contribution in [0.15, 0.2) is 10.2 Å². The Morgan fingerprint density at radius 3 is 2.40 bits per heavy atom. The first-order valence-electron chi connectivity index (χ1n) is 5.79. The molecule has 0 saturated carbocycles. The van der Waals surface area contributed by atoms with Crippen molar-refractivity contribution in [3.63, 3.8) is 0 Å². The molecule has 1 aliphatic rings. The van der Waals surface area contributed by atoms with E-state index in [1.807, 2.05) is 0 Å². The number of aliphatic hydroxyl groups excluding tert-OH is 1. The van der Waals surface area contributed by atoms with Gasteiger partial charge in [-0.3, -0.25) is 0 Å². The third kappa shape index (κ3) is 4.45. The molecule has 3 heteroatoms. The van der Waals surface area contributed by atoms with E-state index in [1.165, 1.54) is 3.59 Å². The zero-order valence-electron chi connectivity index (χ0n) is 10.4. The fourth-order valence-corrected chi connectivity index (χ4v) is 4.50. The average Bonchev–Trinajstić information content (AvgIpc) is 2.81. The number of hydrogen-bond donors (Lipinski definition) is 1. The van der Waals surface area contributed by atoms with Gasteiger partial charge in [0, 0.05) is 0 Å². The van der Waals surface area contributed by atoms with E-state index in [0.717, 1.165) is 12.8 Å². The summed E-state index contributed by atoms with van der Waals surface area (Å²) in [5.41, 5.74) is 0. The van der Waals surface area contributed by atoms with Crippen LogP contribution in [0, 0.1) is 5.92 Å². The summed E-state index contributed by atoms with van der Waals surface area (Å²) < 4.78 is 6.85. The van der Waals surface area contributed by atoms with Gasteiger partial charge < -0.3 is 0 Å². The van der Waals surface area contributed by atoms with Gasteiger partial charge in [0.25, 0.3) is 0 Å². The van der Waals surface area contributed by atoms with Crippen LogP contribution < -0.4 is 0 Å². The summed E-state index contributed by atoms with van der Waals surface area (Å²) in [5.74, 6) is 0.648. The second kappa shape index (κ2) is 5.19. The maximum absolute atomic E-state index is 8.87. The van der Waals surface area contributed by atoms with E-state index in [9.17, 15) is 0 Å². The zero-order valence-corrected chi connectivity index (χ0v) is 13.3. The molecule has 0 unspecified atom stereocenters. The molecule has 0 aromatic rings. The Labute approximate surface area is 97.6 Å². The molecule has 0 amide bonds. The van der Waals surface area contributed by atoms with Crippen molar-refractivity contribution in [2.75, 3.05) is 6.61 Å². The third-order valence-corrected chi connectivity index (χ3v) is 9.79. The molecule has 0 radical (unpaired) electrons. The van der Waals surface area contributed by atoms with E-state index < -0.39 is 18.4 Å². The molecule has 1 fully saturated rings. The van der Waals surface area contributed by atoms with Gasteiger partial charge in [0.2, 0.25) is 0 Å². The van der Waals surface area contributed by atoms with E-state index in [-0.39, 0.29) is 12.7 Å². The van der Waals surface area contributed by atoms with Gasteiger partial charge in [0.1, 0.15) is 0 Å². The molecular formula is C12H24O2Sn. The number of rotatable bonds is 6. The molecule has 88 valence electrons. The van der Waals surface area contributed by atoms with Crippen LogP contribution in [0.5, 0.6) is 0 Å². The SMILES string of the molecule is C=[C](C[C@@H](C)C[C@@H]1O[C@H]1CO)[Sn]([CH3])([CH3])[CH3]. The van der Waals surface area contributed by atoms with Crippen LogP contribution in [0.4, 0.5) is 0 Å². The predicted octanol–water partition coefficient (Wildman–Crippen LogP) is 2.60. The molecule has 0 bridgehead atoms. The Bertz CT molecular complexity index is 232. The predicted molar refractivity (Wildman–Crippen MR) is 66.6 cm³/mol. The normalized spacial score (nSPS) is 27.5. The van der Waals surface area contributed by atoms with Crippen LogP contribution >= 0.6 is 0 Å². The number of allylic oxidation sites excluding steroid dienone is 1.